The first-order valence-electron chi connectivity index (χ1n) is 5.20. The largest absolute Gasteiger partial charge is 0.396 e. The Labute approximate surface area is 107 Å². The average Bonchev–Trinajstić information content (AvgIpc) is 2.31. The molecule has 0 radical (unpaired) electrons. The summed E-state index contributed by atoms with van der Waals surface area (Å²) in [5.41, 5.74) is 0. The molecular formula is C11H15ClFNO2S. The summed E-state index contributed by atoms with van der Waals surface area (Å²) < 4.78 is 24.9. The zero-order valence-corrected chi connectivity index (χ0v) is 11.0. The van der Waals surface area contributed by atoms with E-state index in [1.54, 1.807) is 7.05 Å². The van der Waals surface area contributed by atoms with Crippen molar-refractivity contribution in [3.8, 4) is 0 Å². The fourth-order valence-corrected chi connectivity index (χ4v) is 2.97. The van der Waals surface area contributed by atoms with Crippen LogP contribution in [0.15, 0.2) is 23.1 Å². The molecule has 0 saturated heterocycles. The van der Waals surface area contributed by atoms with Crippen LogP contribution in [0, 0.1) is 5.82 Å². The quantitative estimate of drug-likeness (QED) is 0.831. The van der Waals surface area contributed by atoms with E-state index in [4.69, 9.17) is 16.7 Å². The third-order valence-corrected chi connectivity index (χ3v) is 4.17. The standard InChI is InChI=1S/C11H15ClFNO2S/c1-14-8(4-5-15)7-17(16)9-2-3-11(13)10(12)6-9/h2-3,6,8,14-15H,4-5,7H2,1H3. The van der Waals surface area contributed by atoms with Gasteiger partial charge in [-0.15, -0.1) is 0 Å². The van der Waals surface area contributed by atoms with Gasteiger partial charge in [0.2, 0.25) is 0 Å². The normalized spacial score (nSPS) is 14.6. The molecule has 2 atom stereocenters. The second-order valence-corrected chi connectivity index (χ2v) is 5.49. The zero-order valence-electron chi connectivity index (χ0n) is 9.45. The highest BCUT2D eigenvalue weighted by atomic mass is 35.5. The van der Waals surface area contributed by atoms with Gasteiger partial charge in [0.25, 0.3) is 0 Å². The molecule has 1 rings (SSSR count). The molecule has 1 aromatic rings. The summed E-state index contributed by atoms with van der Waals surface area (Å²) in [6, 6.07) is 4.00. The Kier molecular flexibility index (Phi) is 6.05. The summed E-state index contributed by atoms with van der Waals surface area (Å²) in [6.07, 6.45) is 0.525. The van der Waals surface area contributed by atoms with E-state index in [0.717, 1.165) is 0 Å². The van der Waals surface area contributed by atoms with Crippen molar-refractivity contribution < 1.29 is 13.7 Å². The molecule has 0 spiro atoms. The van der Waals surface area contributed by atoms with Gasteiger partial charge in [-0.05, 0) is 31.7 Å². The predicted octanol–water partition coefficient (Wildman–Crippen LogP) is 1.56. The first kappa shape index (κ1) is 14.6. The lowest BCUT2D eigenvalue weighted by atomic mass is 10.2. The molecule has 2 N–H and O–H groups in total. The summed E-state index contributed by atoms with van der Waals surface area (Å²) in [5.74, 6) is -0.160. The minimum atomic E-state index is -1.26. The van der Waals surface area contributed by atoms with Gasteiger partial charge in [0.05, 0.1) is 15.8 Å². The topological polar surface area (TPSA) is 49.3 Å². The lowest BCUT2D eigenvalue weighted by Gasteiger charge is -2.14. The third-order valence-electron chi connectivity index (χ3n) is 2.39. The van der Waals surface area contributed by atoms with Crippen LogP contribution >= 0.6 is 11.6 Å². The molecule has 0 aliphatic carbocycles. The molecule has 0 aliphatic heterocycles. The molecule has 3 nitrogen and oxygen atoms in total. The summed E-state index contributed by atoms with van der Waals surface area (Å²) in [5, 5.41) is 11.8. The van der Waals surface area contributed by atoms with Crippen molar-refractivity contribution >= 4 is 22.4 Å². The lowest BCUT2D eigenvalue weighted by Crippen LogP contribution is -2.32. The molecule has 1 aromatic carbocycles. The number of halogens is 2. The zero-order chi connectivity index (χ0) is 12.8. The number of aliphatic hydroxyl groups is 1. The lowest BCUT2D eigenvalue weighted by molar-refractivity contribution is 0.273. The van der Waals surface area contributed by atoms with E-state index in [1.165, 1.54) is 18.2 Å². The molecule has 96 valence electrons. The van der Waals surface area contributed by atoms with Gasteiger partial charge in [-0.2, -0.15) is 0 Å². The molecule has 0 amide bonds. The van der Waals surface area contributed by atoms with Gasteiger partial charge in [0.1, 0.15) is 5.82 Å². The Balaban J connectivity index is 2.72. The maximum Gasteiger partial charge on any atom is 0.141 e. The molecule has 0 aromatic heterocycles. The minimum Gasteiger partial charge on any atom is -0.396 e. The van der Waals surface area contributed by atoms with Gasteiger partial charge < -0.3 is 10.4 Å². The molecule has 17 heavy (non-hydrogen) atoms. The smallest absolute Gasteiger partial charge is 0.141 e. The summed E-state index contributed by atoms with van der Waals surface area (Å²) >= 11 is 5.62. The van der Waals surface area contributed by atoms with Crippen LogP contribution in [0.3, 0.4) is 0 Å². The van der Waals surface area contributed by atoms with Gasteiger partial charge in [-0.25, -0.2) is 4.39 Å². The number of nitrogens with one attached hydrogen (secondary N) is 1. The van der Waals surface area contributed by atoms with Gasteiger partial charge in [-0.3, -0.25) is 4.21 Å². The van der Waals surface area contributed by atoms with Crippen molar-refractivity contribution in [2.75, 3.05) is 19.4 Å². The van der Waals surface area contributed by atoms with Crippen molar-refractivity contribution in [3.05, 3.63) is 29.0 Å². The Morgan fingerprint density at radius 2 is 2.29 bits per heavy atom. The predicted molar refractivity (Wildman–Crippen MR) is 67.2 cm³/mol. The number of benzene rings is 1. The third kappa shape index (κ3) is 4.35. The van der Waals surface area contributed by atoms with Gasteiger partial charge >= 0.3 is 0 Å². The number of hydrogen-bond acceptors (Lipinski definition) is 3. The van der Waals surface area contributed by atoms with Crippen molar-refractivity contribution in [1.82, 2.24) is 5.32 Å². The van der Waals surface area contributed by atoms with Crippen molar-refractivity contribution in [3.63, 3.8) is 0 Å². The Bertz CT molecular complexity index is 403. The average molecular weight is 280 g/mol. The number of aliphatic hydroxyl groups excluding tert-OH is 1. The van der Waals surface area contributed by atoms with Crippen LogP contribution in [0.4, 0.5) is 4.39 Å². The van der Waals surface area contributed by atoms with Crippen LogP contribution in [-0.2, 0) is 10.8 Å². The SMILES string of the molecule is CNC(CCO)CS(=O)c1ccc(F)c(Cl)c1. The van der Waals surface area contributed by atoms with E-state index in [2.05, 4.69) is 5.32 Å². The Morgan fingerprint density at radius 1 is 1.59 bits per heavy atom. The fraction of sp³-hybridized carbons (Fsp3) is 0.455. The van der Waals surface area contributed by atoms with Crippen LogP contribution in [0.1, 0.15) is 6.42 Å². The summed E-state index contributed by atoms with van der Waals surface area (Å²) in [7, 11) is 0.487. The molecule has 6 heteroatoms. The Hall–Kier alpha value is -0.490. The van der Waals surface area contributed by atoms with E-state index >= 15 is 0 Å². The molecule has 0 aliphatic rings. The molecule has 2 unspecified atom stereocenters. The maximum atomic E-state index is 12.9. The molecule has 0 heterocycles. The first-order valence-corrected chi connectivity index (χ1v) is 6.89. The molecule has 0 bridgehead atoms. The van der Waals surface area contributed by atoms with Gasteiger partial charge in [-0.1, -0.05) is 11.6 Å². The van der Waals surface area contributed by atoms with Crippen molar-refractivity contribution in [2.45, 2.75) is 17.4 Å². The second-order valence-electron chi connectivity index (χ2n) is 3.59. The van der Waals surface area contributed by atoms with Crippen molar-refractivity contribution in [2.24, 2.45) is 0 Å². The number of hydrogen-bond donors (Lipinski definition) is 2. The highest BCUT2D eigenvalue weighted by Gasteiger charge is 2.13. The highest BCUT2D eigenvalue weighted by Crippen LogP contribution is 2.18. The van der Waals surface area contributed by atoms with E-state index in [1.807, 2.05) is 0 Å². The minimum absolute atomic E-state index is 0.0287. The Morgan fingerprint density at radius 3 is 2.82 bits per heavy atom. The van der Waals surface area contributed by atoms with Gasteiger partial charge in [0, 0.05) is 23.3 Å². The van der Waals surface area contributed by atoms with Crippen molar-refractivity contribution in [1.29, 1.82) is 0 Å². The molecule has 0 saturated carbocycles. The van der Waals surface area contributed by atoms with Crippen LogP contribution in [0.5, 0.6) is 0 Å². The monoisotopic (exact) mass is 279 g/mol. The molecular weight excluding hydrogens is 265 g/mol. The highest BCUT2D eigenvalue weighted by molar-refractivity contribution is 7.85. The van der Waals surface area contributed by atoms with Crippen LogP contribution in [0.2, 0.25) is 5.02 Å². The van der Waals surface area contributed by atoms with Crippen LogP contribution in [-0.4, -0.2) is 34.8 Å². The maximum absolute atomic E-state index is 12.9. The number of rotatable bonds is 6. The first-order chi connectivity index (χ1) is 8.08. The van der Waals surface area contributed by atoms with E-state index in [9.17, 15) is 8.60 Å². The van der Waals surface area contributed by atoms with Crippen LogP contribution < -0.4 is 5.32 Å². The molecule has 0 fully saturated rings. The van der Waals surface area contributed by atoms with E-state index < -0.39 is 16.6 Å². The second kappa shape index (κ2) is 7.06. The van der Waals surface area contributed by atoms with Crippen LogP contribution in [0.25, 0.3) is 0 Å². The van der Waals surface area contributed by atoms with E-state index in [-0.39, 0.29) is 17.7 Å². The summed E-state index contributed by atoms with van der Waals surface area (Å²) in [6.45, 7) is 0.0346. The van der Waals surface area contributed by atoms with E-state index in [0.29, 0.717) is 17.1 Å². The van der Waals surface area contributed by atoms with Gasteiger partial charge in [0.15, 0.2) is 0 Å². The summed E-state index contributed by atoms with van der Waals surface area (Å²) in [4.78, 5) is 0.495. The fourth-order valence-electron chi connectivity index (χ4n) is 1.36.